The molecule has 184 valence electrons. The van der Waals surface area contributed by atoms with Gasteiger partial charge in [0.2, 0.25) is 5.91 Å². The molecule has 1 saturated heterocycles. The minimum atomic E-state index is -4.09. The maximum atomic E-state index is 13.4. The third-order valence-corrected chi connectivity index (χ3v) is 6.67. The molecule has 1 amide bonds. The third-order valence-electron chi connectivity index (χ3n) is 5.29. The number of rotatable bonds is 10. The van der Waals surface area contributed by atoms with E-state index >= 15 is 0 Å². The molecule has 0 aliphatic carbocycles. The smallest absolute Gasteiger partial charge is 0.337 e. The quantitative estimate of drug-likeness (QED) is 0.421. The van der Waals surface area contributed by atoms with Gasteiger partial charge in [-0.2, -0.15) is 0 Å². The van der Waals surface area contributed by atoms with Crippen molar-refractivity contribution in [3.63, 3.8) is 0 Å². The van der Waals surface area contributed by atoms with E-state index in [9.17, 15) is 27.5 Å². The van der Waals surface area contributed by atoms with Crippen molar-refractivity contribution in [2.24, 2.45) is 0 Å². The molecule has 0 aromatic heterocycles. The normalized spacial score (nSPS) is 14.6. The summed E-state index contributed by atoms with van der Waals surface area (Å²) in [6, 6.07) is 8.78. The first kappa shape index (κ1) is 25.4. The number of sulfonamides is 1. The van der Waals surface area contributed by atoms with Gasteiger partial charge in [-0.05, 0) is 36.4 Å². The zero-order valence-corrected chi connectivity index (χ0v) is 19.5. The predicted octanol–water partition coefficient (Wildman–Crippen LogP) is 1.21. The molecule has 1 aliphatic rings. The molecule has 0 bridgehead atoms. The summed E-state index contributed by atoms with van der Waals surface area (Å²) in [5.41, 5.74) is 0.437. The topological polar surface area (TPSA) is 128 Å². The number of carbonyl (C=O) groups is 2. The molecule has 2 aromatic carbocycles. The Kier molecular flexibility index (Phi) is 8.42. The second kappa shape index (κ2) is 11.3. The number of nitrogens with one attached hydrogen (secondary N) is 2. The number of hydrogen-bond donors (Lipinski definition) is 3. The molecular formula is C22H27FN4O6S. The van der Waals surface area contributed by atoms with E-state index in [1.807, 2.05) is 9.80 Å². The summed E-state index contributed by atoms with van der Waals surface area (Å²) in [6.45, 7) is 3.23. The number of halogens is 1. The van der Waals surface area contributed by atoms with Gasteiger partial charge in [0.1, 0.15) is 5.82 Å². The van der Waals surface area contributed by atoms with E-state index in [0.29, 0.717) is 45.0 Å². The molecular weight excluding hydrogens is 467 g/mol. The molecule has 1 fully saturated rings. The second-order valence-corrected chi connectivity index (χ2v) is 9.39. The molecule has 1 heterocycles. The molecule has 3 rings (SSSR count). The Labute approximate surface area is 197 Å². The van der Waals surface area contributed by atoms with E-state index in [2.05, 4.69) is 10.0 Å². The van der Waals surface area contributed by atoms with Gasteiger partial charge in [0.25, 0.3) is 10.0 Å². The summed E-state index contributed by atoms with van der Waals surface area (Å²) in [7, 11) is -2.53. The lowest BCUT2D eigenvalue weighted by Crippen LogP contribution is -2.50. The number of piperazine rings is 1. The maximum absolute atomic E-state index is 13.4. The largest absolute Gasteiger partial charge is 0.478 e. The predicted molar refractivity (Wildman–Crippen MR) is 124 cm³/mol. The molecule has 0 radical (unpaired) electrons. The zero-order valence-electron chi connectivity index (χ0n) is 18.7. The summed E-state index contributed by atoms with van der Waals surface area (Å²) in [6.07, 6.45) is 0. The van der Waals surface area contributed by atoms with Crippen LogP contribution < -0.4 is 14.9 Å². The van der Waals surface area contributed by atoms with Crippen LogP contribution in [0.3, 0.4) is 0 Å². The summed E-state index contributed by atoms with van der Waals surface area (Å²) in [5.74, 6) is -2.01. The van der Waals surface area contributed by atoms with Crippen LogP contribution in [0.4, 0.5) is 15.8 Å². The van der Waals surface area contributed by atoms with Crippen molar-refractivity contribution in [2.45, 2.75) is 4.90 Å². The Morgan fingerprint density at radius 3 is 2.50 bits per heavy atom. The maximum Gasteiger partial charge on any atom is 0.337 e. The van der Waals surface area contributed by atoms with Crippen LogP contribution in [0.25, 0.3) is 0 Å². The number of methoxy groups -OCH3 is 1. The standard InChI is InChI=1S/C22H27FN4O6S/c1-33-12-7-24-21(28)15-26-8-10-27(11-9-26)20-6-5-17(14-19(20)22(29)30)25-34(31,32)18-4-2-3-16(23)13-18/h2-6,13-14,25H,7-12,15H2,1H3,(H,24,28)(H,29,30). The fraction of sp³-hybridized carbons (Fsp3) is 0.364. The molecule has 0 unspecified atom stereocenters. The second-order valence-electron chi connectivity index (χ2n) is 7.71. The van der Waals surface area contributed by atoms with Gasteiger partial charge in [-0.3, -0.25) is 14.4 Å². The van der Waals surface area contributed by atoms with Gasteiger partial charge in [0.15, 0.2) is 0 Å². The number of amides is 1. The first-order valence-corrected chi connectivity index (χ1v) is 12.1. The van der Waals surface area contributed by atoms with Crippen molar-refractivity contribution in [1.29, 1.82) is 0 Å². The van der Waals surface area contributed by atoms with E-state index in [0.717, 1.165) is 12.1 Å². The van der Waals surface area contributed by atoms with E-state index in [4.69, 9.17) is 4.74 Å². The van der Waals surface area contributed by atoms with Gasteiger partial charge in [-0.25, -0.2) is 17.6 Å². The van der Waals surface area contributed by atoms with Crippen molar-refractivity contribution < 1.29 is 32.2 Å². The minimum absolute atomic E-state index is 0.0526. The Hall–Kier alpha value is -3.22. The van der Waals surface area contributed by atoms with Crippen molar-refractivity contribution in [2.75, 3.05) is 62.6 Å². The van der Waals surface area contributed by atoms with Crippen LogP contribution in [-0.4, -0.2) is 83.3 Å². The third kappa shape index (κ3) is 6.65. The first-order valence-electron chi connectivity index (χ1n) is 10.6. The Bertz CT molecular complexity index is 1140. The summed E-state index contributed by atoms with van der Waals surface area (Å²) in [5, 5.41) is 12.5. The van der Waals surface area contributed by atoms with Gasteiger partial charge < -0.3 is 20.1 Å². The highest BCUT2D eigenvalue weighted by molar-refractivity contribution is 7.92. The molecule has 0 spiro atoms. The monoisotopic (exact) mass is 494 g/mol. The highest BCUT2D eigenvalue weighted by Gasteiger charge is 2.24. The molecule has 10 nitrogen and oxygen atoms in total. The summed E-state index contributed by atoms with van der Waals surface area (Å²) >= 11 is 0. The van der Waals surface area contributed by atoms with E-state index in [1.54, 1.807) is 13.2 Å². The van der Waals surface area contributed by atoms with Crippen molar-refractivity contribution in [3.05, 3.63) is 53.8 Å². The summed E-state index contributed by atoms with van der Waals surface area (Å²) < 4.78 is 45.7. The SMILES string of the molecule is COCCNC(=O)CN1CCN(c2ccc(NS(=O)(=O)c3cccc(F)c3)cc2C(=O)O)CC1. The van der Waals surface area contributed by atoms with Crippen LogP contribution in [0.1, 0.15) is 10.4 Å². The number of aromatic carboxylic acids is 1. The lowest BCUT2D eigenvalue weighted by molar-refractivity contribution is -0.122. The molecule has 34 heavy (non-hydrogen) atoms. The molecule has 0 saturated carbocycles. The van der Waals surface area contributed by atoms with E-state index in [1.165, 1.54) is 24.3 Å². The molecule has 1 aliphatic heterocycles. The lowest BCUT2D eigenvalue weighted by Gasteiger charge is -2.36. The zero-order chi connectivity index (χ0) is 24.7. The van der Waals surface area contributed by atoms with Crippen LogP contribution in [0.2, 0.25) is 0 Å². The molecule has 3 N–H and O–H groups in total. The van der Waals surface area contributed by atoms with Crippen LogP contribution in [0, 0.1) is 5.82 Å². The van der Waals surface area contributed by atoms with E-state index in [-0.39, 0.29) is 28.6 Å². The van der Waals surface area contributed by atoms with Crippen LogP contribution in [-0.2, 0) is 19.6 Å². The van der Waals surface area contributed by atoms with Gasteiger partial charge >= 0.3 is 5.97 Å². The average molecular weight is 495 g/mol. The fourth-order valence-electron chi connectivity index (χ4n) is 3.59. The van der Waals surface area contributed by atoms with Crippen molar-refractivity contribution >= 4 is 33.3 Å². The number of carbonyl (C=O) groups excluding carboxylic acids is 1. The Morgan fingerprint density at radius 1 is 1.12 bits per heavy atom. The summed E-state index contributed by atoms with van der Waals surface area (Å²) in [4.78, 5) is 27.5. The van der Waals surface area contributed by atoms with E-state index < -0.39 is 21.8 Å². The van der Waals surface area contributed by atoms with Crippen LogP contribution >= 0.6 is 0 Å². The molecule has 2 aromatic rings. The van der Waals surface area contributed by atoms with Crippen molar-refractivity contribution in [1.82, 2.24) is 10.2 Å². The molecule has 0 atom stereocenters. The Morgan fingerprint density at radius 2 is 1.85 bits per heavy atom. The van der Waals surface area contributed by atoms with Gasteiger partial charge in [-0.15, -0.1) is 0 Å². The van der Waals surface area contributed by atoms with Crippen LogP contribution in [0.15, 0.2) is 47.4 Å². The number of benzene rings is 2. The average Bonchev–Trinajstić information content (AvgIpc) is 2.79. The number of hydrogen-bond acceptors (Lipinski definition) is 7. The number of nitrogens with zero attached hydrogens (tertiary/aromatic N) is 2. The number of carboxylic acid groups (broad SMARTS) is 1. The van der Waals surface area contributed by atoms with Crippen molar-refractivity contribution in [3.8, 4) is 0 Å². The van der Waals surface area contributed by atoms with Gasteiger partial charge in [0, 0.05) is 45.5 Å². The molecule has 12 heteroatoms. The number of carboxylic acids is 1. The Balaban J connectivity index is 1.67. The lowest BCUT2D eigenvalue weighted by atomic mass is 10.1. The number of ether oxygens (including phenoxy) is 1. The number of anilines is 2. The highest BCUT2D eigenvalue weighted by Crippen LogP contribution is 2.27. The fourth-order valence-corrected chi connectivity index (χ4v) is 4.67. The minimum Gasteiger partial charge on any atom is -0.478 e. The van der Waals surface area contributed by atoms with Crippen LogP contribution in [0.5, 0.6) is 0 Å². The van der Waals surface area contributed by atoms with Gasteiger partial charge in [-0.1, -0.05) is 6.07 Å². The highest BCUT2D eigenvalue weighted by atomic mass is 32.2. The first-order chi connectivity index (χ1) is 16.2. The van der Waals surface area contributed by atoms with Gasteiger partial charge in [0.05, 0.1) is 29.3 Å².